The molecule has 1 aliphatic carbocycles. The summed E-state index contributed by atoms with van der Waals surface area (Å²) in [7, 11) is 0. The minimum atomic E-state index is -4.81. The van der Waals surface area contributed by atoms with Gasteiger partial charge in [0.2, 0.25) is 5.95 Å². The molecular formula is C27H29F4N9O. The zero-order valence-electron chi connectivity index (χ0n) is 22.2. The van der Waals surface area contributed by atoms with Gasteiger partial charge < -0.3 is 14.2 Å². The number of hydrogen-bond donors (Lipinski definition) is 2. The quantitative estimate of drug-likeness (QED) is 0.182. The van der Waals surface area contributed by atoms with Crippen LogP contribution in [0.15, 0.2) is 48.9 Å². The number of hydrogen-bond acceptors (Lipinski definition) is 9. The van der Waals surface area contributed by atoms with Gasteiger partial charge in [0.25, 0.3) is 0 Å². The molecule has 3 aromatic heterocycles. The molecule has 2 aliphatic rings. The van der Waals surface area contributed by atoms with Gasteiger partial charge in [-0.2, -0.15) is 9.97 Å². The highest BCUT2D eigenvalue weighted by Gasteiger charge is 2.35. The predicted molar refractivity (Wildman–Crippen MR) is 143 cm³/mol. The highest BCUT2D eigenvalue weighted by molar-refractivity contribution is 5.85. The molecule has 1 saturated carbocycles. The molecule has 0 bridgehead atoms. The Bertz CT molecular complexity index is 1510. The van der Waals surface area contributed by atoms with E-state index in [0.717, 1.165) is 24.0 Å². The van der Waals surface area contributed by atoms with Crippen molar-refractivity contribution in [2.24, 2.45) is 11.8 Å². The fourth-order valence-corrected chi connectivity index (χ4v) is 5.40. The number of hydrazine groups is 1. The summed E-state index contributed by atoms with van der Waals surface area (Å²) < 4.78 is 57.9. The van der Waals surface area contributed by atoms with Gasteiger partial charge in [-0.15, -0.1) is 13.2 Å². The molecule has 0 radical (unpaired) electrons. The van der Waals surface area contributed by atoms with Crippen LogP contribution in [-0.2, 0) is 6.54 Å². The van der Waals surface area contributed by atoms with Gasteiger partial charge >= 0.3 is 6.36 Å². The van der Waals surface area contributed by atoms with E-state index in [4.69, 9.17) is 5.84 Å². The number of benzene rings is 1. The Hall–Kier alpha value is -4.04. The van der Waals surface area contributed by atoms with Crippen LogP contribution in [0.2, 0.25) is 0 Å². The summed E-state index contributed by atoms with van der Waals surface area (Å²) >= 11 is 0. The molecule has 1 aliphatic heterocycles. The van der Waals surface area contributed by atoms with E-state index < -0.39 is 18.2 Å². The Morgan fingerprint density at radius 2 is 1.85 bits per heavy atom. The summed E-state index contributed by atoms with van der Waals surface area (Å²) in [5.74, 6) is 6.53. The lowest BCUT2D eigenvalue weighted by atomic mass is 9.99. The van der Waals surface area contributed by atoms with Crippen molar-refractivity contribution >= 4 is 22.9 Å². The summed E-state index contributed by atoms with van der Waals surface area (Å²) in [6.07, 6.45) is 0.424. The third-order valence-electron chi connectivity index (χ3n) is 7.48. The van der Waals surface area contributed by atoms with Gasteiger partial charge in [-0.25, -0.2) is 15.2 Å². The Morgan fingerprint density at radius 1 is 1.07 bits per heavy atom. The summed E-state index contributed by atoms with van der Waals surface area (Å²) in [5, 5.41) is 0. The number of nitrogen functional groups attached to an aromatic ring is 1. The SMILES string of the molecule is CC1CN(C(c2ccc(F)cc2)c2ccc(OC(F)(F)F)cn2)CCN1c1nc(NN)nc2c1ncn2CC1CC1. The topological polar surface area (TPSA) is 110 Å². The molecule has 4 aromatic rings. The zero-order chi connectivity index (χ0) is 28.7. The van der Waals surface area contributed by atoms with Crippen molar-refractivity contribution in [2.45, 2.75) is 44.8 Å². The minimum Gasteiger partial charge on any atom is -0.404 e. The summed E-state index contributed by atoms with van der Waals surface area (Å²) in [4.78, 5) is 22.5. The predicted octanol–water partition coefficient (Wildman–Crippen LogP) is 4.25. The number of rotatable bonds is 8. The van der Waals surface area contributed by atoms with E-state index in [-0.39, 0.29) is 11.9 Å². The molecule has 4 heterocycles. The van der Waals surface area contributed by atoms with Crippen molar-refractivity contribution in [1.82, 2.24) is 29.4 Å². The third-order valence-corrected chi connectivity index (χ3v) is 7.48. The van der Waals surface area contributed by atoms with Gasteiger partial charge in [0.15, 0.2) is 17.0 Å². The maximum atomic E-state index is 13.8. The number of aromatic nitrogens is 5. The van der Waals surface area contributed by atoms with Crippen LogP contribution in [0.1, 0.15) is 37.1 Å². The smallest absolute Gasteiger partial charge is 0.404 e. The van der Waals surface area contributed by atoms with Crippen molar-refractivity contribution in [3.8, 4) is 5.75 Å². The number of nitrogens with one attached hydrogen (secondary N) is 1. The summed E-state index contributed by atoms with van der Waals surface area (Å²) in [5.41, 5.74) is 5.27. The van der Waals surface area contributed by atoms with Crippen LogP contribution in [0.4, 0.5) is 29.3 Å². The van der Waals surface area contributed by atoms with Gasteiger partial charge in [0.1, 0.15) is 11.6 Å². The Kier molecular flexibility index (Phi) is 7.11. The van der Waals surface area contributed by atoms with Crippen molar-refractivity contribution in [2.75, 3.05) is 30.0 Å². The molecule has 216 valence electrons. The van der Waals surface area contributed by atoms with Crippen molar-refractivity contribution in [3.05, 3.63) is 66.0 Å². The minimum absolute atomic E-state index is 0.0446. The van der Waals surface area contributed by atoms with Crippen LogP contribution in [0.5, 0.6) is 5.75 Å². The van der Waals surface area contributed by atoms with Crippen LogP contribution in [0.25, 0.3) is 11.2 Å². The van der Waals surface area contributed by atoms with E-state index in [1.165, 1.54) is 37.1 Å². The lowest BCUT2D eigenvalue weighted by Crippen LogP contribution is -2.53. The molecule has 0 spiro atoms. The Morgan fingerprint density at radius 3 is 2.49 bits per heavy atom. The van der Waals surface area contributed by atoms with E-state index in [9.17, 15) is 17.6 Å². The lowest BCUT2D eigenvalue weighted by Gasteiger charge is -2.43. The average molecular weight is 572 g/mol. The molecule has 10 nitrogen and oxygen atoms in total. The molecular weight excluding hydrogens is 542 g/mol. The molecule has 14 heteroatoms. The molecule has 6 rings (SSSR count). The second-order valence-electron chi connectivity index (χ2n) is 10.5. The van der Waals surface area contributed by atoms with E-state index in [0.29, 0.717) is 48.5 Å². The first-order valence-corrected chi connectivity index (χ1v) is 13.4. The highest BCUT2D eigenvalue weighted by atomic mass is 19.4. The van der Waals surface area contributed by atoms with Crippen LogP contribution in [-0.4, -0.2) is 61.4 Å². The summed E-state index contributed by atoms with van der Waals surface area (Å²) in [6.45, 7) is 4.60. The fraction of sp³-hybridized carbons (Fsp3) is 0.407. The average Bonchev–Trinajstić information content (AvgIpc) is 3.67. The Balaban J connectivity index is 1.29. The van der Waals surface area contributed by atoms with Crippen molar-refractivity contribution in [1.29, 1.82) is 0 Å². The number of nitrogens with two attached hydrogens (primary N) is 1. The Labute approximate surface area is 233 Å². The molecule has 2 atom stereocenters. The van der Waals surface area contributed by atoms with E-state index in [2.05, 4.69) is 46.8 Å². The monoisotopic (exact) mass is 571 g/mol. The number of piperazine rings is 1. The molecule has 2 fully saturated rings. The summed E-state index contributed by atoms with van der Waals surface area (Å²) in [6, 6.07) is 8.33. The lowest BCUT2D eigenvalue weighted by molar-refractivity contribution is -0.274. The maximum absolute atomic E-state index is 13.8. The maximum Gasteiger partial charge on any atom is 0.573 e. The van der Waals surface area contributed by atoms with Crippen molar-refractivity contribution < 1.29 is 22.3 Å². The number of fused-ring (bicyclic) bond motifs is 1. The van der Waals surface area contributed by atoms with Gasteiger partial charge in [-0.1, -0.05) is 12.1 Å². The van der Waals surface area contributed by atoms with Crippen LogP contribution in [0.3, 0.4) is 0 Å². The van der Waals surface area contributed by atoms with Gasteiger partial charge in [-0.05, 0) is 55.5 Å². The number of imidazole rings is 1. The first-order chi connectivity index (χ1) is 19.7. The standard InChI is InChI=1S/C27H29F4N9O/c1-16-13-38(23(18-4-6-19(28)7-5-18)21-9-8-20(12-33-21)41-27(29,30)31)10-11-40(16)25-22-24(35-26(36-25)37-32)39(15-34-22)14-17-2-3-17/h4-9,12,15-17,23H,2-3,10-11,13-14,32H2,1H3,(H,35,36,37). The number of nitrogens with zero attached hydrogens (tertiary/aromatic N) is 7. The molecule has 2 unspecified atom stereocenters. The van der Waals surface area contributed by atoms with Gasteiger partial charge in [-0.3, -0.25) is 15.3 Å². The molecule has 0 amide bonds. The molecule has 1 saturated heterocycles. The van der Waals surface area contributed by atoms with Crippen LogP contribution >= 0.6 is 0 Å². The largest absolute Gasteiger partial charge is 0.573 e. The molecule has 3 N–H and O–H groups in total. The number of halogens is 4. The zero-order valence-corrected chi connectivity index (χ0v) is 22.2. The van der Waals surface area contributed by atoms with Gasteiger partial charge in [0.05, 0.1) is 24.3 Å². The molecule has 1 aromatic carbocycles. The van der Waals surface area contributed by atoms with Gasteiger partial charge in [0, 0.05) is 32.2 Å². The molecule has 41 heavy (non-hydrogen) atoms. The number of alkyl halides is 3. The van der Waals surface area contributed by atoms with Crippen LogP contribution in [0, 0.1) is 11.7 Å². The number of ether oxygens (including phenoxy) is 1. The first-order valence-electron chi connectivity index (χ1n) is 13.4. The van der Waals surface area contributed by atoms with E-state index >= 15 is 0 Å². The number of pyridine rings is 1. The highest BCUT2D eigenvalue weighted by Crippen LogP contribution is 2.35. The van der Waals surface area contributed by atoms with Crippen molar-refractivity contribution in [3.63, 3.8) is 0 Å². The van der Waals surface area contributed by atoms with E-state index in [1.54, 1.807) is 18.5 Å². The second kappa shape index (κ2) is 10.7. The van der Waals surface area contributed by atoms with E-state index in [1.807, 2.05) is 4.57 Å². The normalized spacial score (nSPS) is 19.0. The second-order valence-corrected chi connectivity index (χ2v) is 10.5. The van der Waals surface area contributed by atoms with Crippen LogP contribution < -0.4 is 20.9 Å². The number of anilines is 2. The fourth-order valence-electron chi connectivity index (χ4n) is 5.40. The first kappa shape index (κ1) is 27.1. The third kappa shape index (κ3) is 5.88.